The molecular weight excluding hydrogens is 951 g/mol. The topological polar surface area (TPSA) is 162 Å². The number of sulfonamides is 1. The Kier molecular flexibility index (Phi) is 15.5. The lowest BCUT2D eigenvalue weighted by Gasteiger charge is -2.39. The quantitative estimate of drug-likeness (QED) is 0.114. The summed E-state index contributed by atoms with van der Waals surface area (Å²) in [4.78, 5) is 17.5. The Hall–Kier alpha value is -4.50. The summed E-state index contributed by atoms with van der Waals surface area (Å²) in [6.07, 6.45) is 3.16. The fourth-order valence-electron chi connectivity index (χ4n) is 8.77. The number of hydrogen-bond donors (Lipinski definition) is 2. The van der Waals surface area contributed by atoms with Crippen LogP contribution in [0.4, 0.5) is 24.5 Å². The van der Waals surface area contributed by atoms with Gasteiger partial charge in [0.05, 0.1) is 34.4 Å². The third kappa shape index (κ3) is 12.6. The zero-order chi connectivity index (χ0) is 48.2. The Bertz CT molecular complexity index is 2760. The molecule has 1 aliphatic carbocycles. The molecule has 2 N–H and O–H groups in total. The third-order valence-electron chi connectivity index (χ3n) is 12.5. The van der Waals surface area contributed by atoms with Gasteiger partial charge in [-0.2, -0.15) is 13.2 Å². The maximum Gasteiger partial charge on any atom is 0.501 e. The van der Waals surface area contributed by atoms with Gasteiger partial charge in [-0.1, -0.05) is 61.4 Å². The van der Waals surface area contributed by atoms with E-state index in [1.807, 2.05) is 21.8 Å². The SMILES string of the molecule is CC1(C)CCC(c2ccc(Cl)cc2)=C(CN2CCN(c3ccc(C(=O)NS(=O)(=O)c4ccc(N[C@H](CCN5CCOCC5)CS(=O)(=O)c5ccccc5)c(S(=O)(=O)C(F)(F)F)c4)cc3)CC2)C1. The molecule has 362 valence electrons. The fourth-order valence-corrected chi connectivity index (χ4v) is 12.5. The molecule has 2 heterocycles. The van der Waals surface area contributed by atoms with E-state index in [-0.39, 0.29) is 22.3 Å². The molecule has 4 aromatic carbocycles. The van der Waals surface area contributed by atoms with Crippen LogP contribution in [0, 0.1) is 5.41 Å². The summed E-state index contributed by atoms with van der Waals surface area (Å²) in [6, 6.07) is 22.5. The lowest BCUT2D eigenvalue weighted by molar-refractivity contribution is -0.0435. The monoisotopic (exact) mass is 1010 g/mol. The molecule has 4 aromatic rings. The number of ether oxygens (including phenoxy) is 1. The van der Waals surface area contributed by atoms with Crippen LogP contribution in [-0.2, 0) is 34.4 Å². The molecule has 0 radical (unpaired) electrons. The van der Waals surface area contributed by atoms with Crippen molar-refractivity contribution in [2.45, 2.75) is 65.8 Å². The normalized spacial score (nSPS) is 18.4. The summed E-state index contributed by atoms with van der Waals surface area (Å²) in [6.45, 7) is 10.7. The van der Waals surface area contributed by atoms with Crippen LogP contribution in [0.1, 0.15) is 55.5 Å². The minimum atomic E-state index is -6.22. The van der Waals surface area contributed by atoms with Crippen molar-refractivity contribution in [3.8, 4) is 0 Å². The van der Waals surface area contributed by atoms with Crippen molar-refractivity contribution < 1.29 is 48.0 Å². The van der Waals surface area contributed by atoms with Gasteiger partial charge in [-0.3, -0.25) is 14.6 Å². The smallest absolute Gasteiger partial charge is 0.380 e. The minimum absolute atomic E-state index is 0.0429. The van der Waals surface area contributed by atoms with Crippen molar-refractivity contribution >= 4 is 64.2 Å². The molecule has 20 heteroatoms. The van der Waals surface area contributed by atoms with Gasteiger partial charge in [0.1, 0.15) is 4.90 Å². The Morgan fingerprint density at radius 3 is 2.10 bits per heavy atom. The predicted octanol–water partition coefficient (Wildman–Crippen LogP) is 7.51. The molecule has 1 amide bonds. The number of piperazine rings is 1. The second kappa shape index (κ2) is 20.6. The second-order valence-electron chi connectivity index (χ2n) is 18.0. The maximum atomic E-state index is 14.2. The highest BCUT2D eigenvalue weighted by Crippen LogP contribution is 2.43. The van der Waals surface area contributed by atoms with E-state index in [4.69, 9.17) is 16.3 Å². The van der Waals surface area contributed by atoms with Crippen LogP contribution >= 0.6 is 11.6 Å². The first-order valence-corrected chi connectivity index (χ1v) is 27.0. The molecule has 0 aromatic heterocycles. The van der Waals surface area contributed by atoms with E-state index < -0.39 is 68.4 Å². The summed E-state index contributed by atoms with van der Waals surface area (Å²) < 4.78 is 130. The van der Waals surface area contributed by atoms with Gasteiger partial charge >= 0.3 is 5.51 Å². The Balaban J connectivity index is 1.04. The first-order valence-electron chi connectivity index (χ1n) is 22.0. The minimum Gasteiger partial charge on any atom is -0.380 e. The average molecular weight is 1010 g/mol. The molecule has 2 saturated heterocycles. The molecule has 7 rings (SSSR count). The summed E-state index contributed by atoms with van der Waals surface area (Å²) >= 11 is 6.18. The van der Waals surface area contributed by atoms with E-state index in [1.54, 1.807) is 18.2 Å². The van der Waals surface area contributed by atoms with Crippen LogP contribution in [0.5, 0.6) is 0 Å². The maximum absolute atomic E-state index is 14.2. The Labute approximate surface area is 396 Å². The number of carbonyl (C=O) groups is 1. The number of carbonyl (C=O) groups excluding carboxylic acids is 1. The number of halogens is 4. The van der Waals surface area contributed by atoms with Crippen molar-refractivity contribution in [2.24, 2.45) is 5.41 Å². The Morgan fingerprint density at radius 1 is 0.806 bits per heavy atom. The van der Waals surface area contributed by atoms with E-state index in [0.29, 0.717) is 57.0 Å². The molecule has 1 atom stereocenters. The van der Waals surface area contributed by atoms with E-state index in [9.17, 15) is 43.2 Å². The highest BCUT2D eigenvalue weighted by Gasteiger charge is 2.48. The number of rotatable bonds is 16. The van der Waals surface area contributed by atoms with E-state index in [1.165, 1.54) is 53.1 Å². The van der Waals surface area contributed by atoms with Gasteiger partial charge in [0.2, 0.25) is 0 Å². The van der Waals surface area contributed by atoms with Gasteiger partial charge < -0.3 is 15.0 Å². The molecule has 13 nitrogen and oxygen atoms in total. The van der Waals surface area contributed by atoms with Gasteiger partial charge in [-0.15, -0.1) is 0 Å². The van der Waals surface area contributed by atoms with Crippen LogP contribution in [0.15, 0.2) is 117 Å². The third-order valence-corrected chi connectivity index (χ3v) is 17.4. The Morgan fingerprint density at radius 2 is 1.46 bits per heavy atom. The van der Waals surface area contributed by atoms with Gasteiger partial charge in [0.25, 0.3) is 25.8 Å². The van der Waals surface area contributed by atoms with Crippen LogP contribution in [0.2, 0.25) is 5.02 Å². The number of benzene rings is 4. The van der Waals surface area contributed by atoms with E-state index >= 15 is 0 Å². The first kappa shape index (κ1) is 50.4. The number of sulfone groups is 2. The molecule has 3 aliphatic rings. The summed E-state index contributed by atoms with van der Waals surface area (Å²) in [5.74, 6) is -1.71. The molecule has 0 saturated carbocycles. The lowest BCUT2D eigenvalue weighted by Crippen LogP contribution is -2.47. The standard InChI is InChI=1S/C47H55ClF3N5O8S3/c1-46(2)20-18-42(34-8-12-37(48)13-9-34)36(31-46)32-55-22-24-56(25-23-55)39-14-10-35(11-15-39)45(57)53-67(62,63)41-16-17-43(44(30-41)66(60,61)47(49,50)51)52-38(19-21-54-26-28-64-29-27-54)33-65(58,59)40-6-4-3-5-7-40/h3-17,30,38,52H,18-29,31-33H2,1-2H3,(H,53,57)/t38-/m1/s1. The van der Waals surface area contributed by atoms with Crippen molar-refractivity contribution in [3.63, 3.8) is 0 Å². The number of nitrogens with zero attached hydrogens (tertiary/aromatic N) is 3. The van der Waals surface area contributed by atoms with Crippen molar-refractivity contribution in [3.05, 3.63) is 119 Å². The van der Waals surface area contributed by atoms with Crippen LogP contribution in [-0.4, -0.2) is 124 Å². The van der Waals surface area contributed by atoms with Crippen LogP contribution < -0.4 is 14.9 Å². The largest absolute Gasteiger partial charge is 0.501 e. The zero-order valence-electron chi connectivity index (χ0n) is 37.3. The predicted molar refractivity (Wildman–Crippen MR) is 253 cm³/mol. The number of anilines is 2. The average Bonchev–Trinajstić information content (AvgIpc) is 3.29. The molecule has 0 bridgehead atoms. The summed E-state index contributed by atoms with van der Waals surface area (Å²) in [5, 5.41) is 3.39. The fraction of sp³-hybridized carbons (Fsp3) is 0.426. The molecule has 2 fully saturated rings. The van der Waals surface area contributed by atoms with Gasteiger partial charge in [0.15, 0.2) is 9.84 Å². The molecular formula is C47H55ClF3N5O8S3. The van der Waals surface area contributed by atoms with Crippen molar-refractivity contribution in [2.75, 3.05) is 81.5 Å². The highest BCUT2D eigenvalue weighted by atomic mass is 35.5. The van der Waals surface area contributed by atoms with Crippen molar-refractivity contribution in [1.29, 1.82) is 0 Å². The van der Waals surface area contributed by atoms with Crippen LogP contribution in [0.25, 0.3) is 5.57 Å². The van der Waals surface area contributed by atoms with Gasteiger partial charge in [-0.25, -0.2) is 30.0 Å². The van der Waals surface area contributed by atoms with Crippen molar-refractivity contribution in [1.82, 2.24) is 14.5 Å². The summed E-state index contributed by atoms with van der Waals surface area (Å²) in [5.41, 5.74) is -1.57. The number of alkyl halides is 3. The number of hydrogen-bond acceptors (Lipinski definition) is 12. The number of amides is 1. The number of nitrogens with one attached hydrogen (secondary N) is 2. The van der Waals surface area contributed by atoms with Gasteiger partial charge in [-0.05, 0) is 109 Å². The zero-order valence-corrected chi connectivity index (χ0v) is 40.5. The van der Waals surface area contributed by atoms with E-state index in [0.717, 1.165) is 56.7 Å². The number of morpholine rings is 1. The molecule has 67 heavy (non-hydrogen) atoms. The van der Waals surface area contributed by atoms with Crippen LogP contribution in [0.3, 0.4) is 0 Å². The lowest BCUT2D eigenvalue weighted by atomic mass is 9.73. The summed E-state index contributed by atoms with van der Waals surface area (Å²) in [7, 11) is -15.2. The highest BCUT2D eigenvalue weighted by molar-refractivity contribution is 7.92. The number of allylic oxidation sites excluding steroid dienone is 1. The first-order chi connectivity index (χ1) is 31.6. The molecule has 2 aliphatic heterocycles. The molecule has 0 spiro atoms. The van der Waals surface area contributed by atoms with E-state index in [2.05, 4.69) is 41.1 Å². The second-order valence-corrected chi connectivity index (χ2v) is 24.0. The molecule has 0 unspecified atom stereocenters. The van der Waals surface area contributed by atoms with Gasteiger partial charge in [0, 0.05) is 74.7 Å².